The first-order chi connectivity index (χ1) is 6.70. The fourth-order valence-corrected chi connectivity index (χ4v) is 2.25. The predicted molar refractivity (Wildman–Crippen MR) is 58.0 cm³/mol. The van der Waals surface area contributed by atoms with Gasteiger partial charge in [-0.1, -0.05) is 36.4 Å². The number of fused-ring (bicyclic) bond motifs is 1. The lowest BCUT2D eigenvalue weighted by molar-refractivity contribution is 0.112. The Hall–Kier alpha value is -1.08. The number of hydrogen-bond donors (Lipinski definition) is 1. The Kier molecular flexibility index (Phi) is 2.42. The molecule has 0 bridgehead atoms. The van der Waals surface area contributed by atoms with Crippen molar-refractivity contribution in [3.63, 3.8) is 0 Å². The molecule has 0 fully saturated rings. The first kappa shape index (κ1) is 9.47. The topological polar surface area (TPSA) is 20.2 Å². The summed E-state index contributed by atoms with van der Waals surface area (Å²) in [5.74, 6) is 0.241. The second kappa shape index (κ2) is 3.58. The molecule has 1 aliphatic rings. The number of aryl methyl sites for hydroxylation is 1. The molecule has 74 valence electrons. The Morgan fingerprint density at radius 2 is 2.14 bits per heavy atom. The van der Waals surface area contributed by atoms with E-state index in [0.29, 0.717) is 0 Å². The largest absolute Gasteiger partial charge is 0.388 e. The van der Waals surface area contributed by atoms with Crippen LogP contribution in [-0.4, -0.2) is 5.11 Å². The first-order valence-corrected chi connectivity index (χ1v) is 5.11. The van der Waals surface area contributed by atoms with Crippen LogP contribution in [0, 0.1) is 5.92 Å². The summed E-state index contributed by atoms with van der Waals surface area (Å²) in [4.78, 5) is 0. The van der Waals surface area contributed by atoms with Gasteiger partial charge in [0.05, 0.1) is 6.10 Å². The van der Waals surface area contributed by atoms with Crippen LogP contribution in [0.25, 0.3) is 0 Å². The molecule has 0 aliphatic heterocycles. The van der Waals surface area contributed by atoms with E-state index in [0.717, 1.165) is 24.0 Å². The van der Waals surface area contributed by atoms with E-state index in [4.69, 9.17) is 0 Å². The zero-order chi connectivity index (χ0) is 10.1. The maximum atomic E-state index is 10.1. The fourth-order valence-electron chi connectivity index (χ4n) is 2.25. The molecule has 0 saturated heterocycles. The van der Waals surface area contributed by atoms with Gasteiger partial charge in [-0.15, -0.1) is 0 Å². The zero-order valence-electron chi connectivity index (χ0n) is 8.53. The Bertz CT molecular complexity index is 354. The Morgan fingerprint density at radius 1 is 1.43 bits per heavy atom. The number of hydrogen-bond acceptors (Lipinski definition) is 1. The maximum Gasteiger partial charge on any atom is 0.0857 e. The number of aliphatic hydroxyl groups is 1. The van der Waals surface area contributed by atoms with Crippen LogP contribution >= 0.6 is 0 Å². The van der Waals surface area contributed by atoms with Crippen molar-refractivity contribution in [2.45, 2.75) is 25.9 Å². The van der Waals surface area contributed by atoms with Crippen LogP contribution in [0.3, 0.4) is 0 Å². The molecule has 0 heterocycles. The van der Waals surface area contributed by atoms with E-state index in [2.05, 4.69) is 12.6 Å². The molecule has 1 aromatic rings. The van der Waals surface area contributed by atoms with Crippen LogP contribution in [0.5, 0.6) is 0 Å². The summed E-state index contributed by atoms with van der Waals surface area (Å²) < 4.78 is 0. The van der Waals surface area contributed by atoms with Crippen LogP contribution in [0.1, 0.15) is 30.6 Å². The zero-order valence-corrected chi connectivity index (χ0v) is 8.53. The third kappa shape index (κ3) is 1.48. The maximum absolute atomic E-state index is 10.1. The van der Waals surface area contributed by atoms with Gasteiger partial charge in [0.1, 0.15) is 0 Å². The molecule has 2 unspecified atom stereocenters. The molecule has 14 heavy (non-hydrogen) atoms. The van der Waals surface area contributed by atoms with E-state index in [1.807, 2.05) is 25.1 Å². The lowest BCUT2D eigenvalue weighted by Crippen LogP contribution is -2.20. The highest BCUT2D eigenvalue weighted by molar-refractivity contribution is 5.33. The second-order valence-corrected chi connectivity index (χ2v) is 4.14. The van der Waals surface area contributed by atoms with Gasteiger partial charge in [-0.3, -0.25) is 0 Å². The molecule has 0 radical (unpaired) electrons. The standard InChI is InChI=1S/C13H16O/c1-9(2)11-8-7-10-5-3-4-6-12(10)13(11)14/h3-6,11,13-14H,1,7-8H2,2H3. The van der Waals surface area contributed by atoms with Crippen molar-refractivity contribution in [2.75, 3.05) is 0 Å². The van der Waals surface area contributed by atoms with Crippen molar-refractivity contribution in [1.82, 2.24) is 0 Å². The molecule has 1 aromatic carbocycles. The van der Waals surface area contributed by atoms with Crippen molar-refractivity contribution in [2.24, 2.45) is 5.92 Å². The van der Waals surface area contributed by atoms with Crippen molar-refractivity contribution in [3.8, 4) is 0 Å². The SMILES string of the molecule is C=C(C)C1CCc2ccccc2C1O. The second-order valence-electron chi connectivity index (χ2n) is 4.14. The van der Waals surface area contributed by atoms with E-state index < -0.39 is 0 Å². The van der Waals surface area contributed by atoms with Gasteiger partial charge in [0.15, 0.2) is 0 Å². The average Bonchev–Trinajstić information content (AvgIpc) is 2.18. The fraction of sp³-hybridized carbons (Fsp3) is 0.385. The predicted octanol–water partition coefficient (Wildman–Crippen LogP) is 2.86. The highest BCUT2D eigenvalue weighted by Gasteiger charge is 2.27. The van der Waals surface area contributed by atoms with E-state index in [-0.39, 0.29) is 12.0 Å². The van der Waals surface area contributed by atoms with Crippen LogP contribution in [0.2, 0.25) is 0 Å². The third-order valence-corrected chi connectivity index (χ3v) is 3.11. The highest BCUT2D eigenvalue weighted by atomic mass is 16.3. The van der Waals surface area contributed by atoms with Gasteiger partial charge in [0, 0.05) is 5.92 Å². The summed E-state index contributed by atoms with van der Waals surface area (Å²) in [6.45, 7) is 5.94. The average molecular weight is 188 g/mol. The number of benzene rings is 1. The molecule has 1 nitrogen and oxygen atoms in total. The van der Waals surface area contributed by atoms with E-state index >= 15 is 0 Å². The van der Waals surface area contributed by atoms with Crippen LogP contribution < -0.4 is 0 Å². The van der Waals surface area contributed by atoms with Crippen LogP contribution in [0.15, 0.2) is 36.4 Å². The van der Waals surface area contributed by atoms with Gasteiger partial charge in [0.25, 0.3) is 0 Å². The van der Waals surface area contributed by atoms with E-state index in [1.54, 1.807) is 0 Å². The lowest BCUT2D eigenvalue weighted by Gasteiger charge is -2.30. The lowest BCUT2D eigenvalue weighted by atomic mass is 9.78. The van der Waals surface area contributed by atoms with E-state index in [9.17, 15) is 5.11 Å². The van der Waals surface area contributed by atoms with Crippen LogP contribution in [0.4, 0.5) is 0 Å². The number of aliphatic hydroxyl groups excluding tert-OH is 1. The molecule has 0 aromatic heterocycles. The summed E-state index contributed by atoms with van der Waals surface area (Å²) in [5.41, 5.74) is 3.47. The van der Waals surface area contributed by atoms with Crippen LogP contribution in [-0.2, 0) is 6.42 Å². The summed E-state index contributed by atoms with van der Waals surface area (Å²) in [6.07, 6.45) is 1.73. The van der Waals surface area contributed by atoms with Crippen molar-refractivity contribution in [1.29, 1.82) is 0 Å². The normalized spacial score (nSPS) is 25.6. The van der Waals surface area contributed by atoms with Gasteiger partial charge < -0.3 is 5.11 Å². The summed E-state index contributed by atoms with van der Waals surface area (Å²) in [7, 11) is 0. The number of rotatable bonds is 1. The Balaban J connectivity index is 2.36. The smallest absolute Gasteiger partial charge is 0.0857 e. The summed E-state index contributed by atoms with van der Waals surface area (Å²) in [5, 5.41) is 10.1. The highest BCUT2D eigenvalue weighted by Crippen LogP contribution is 2.37. The van der Waals surface area contributed by atoms with Gasteiger partial charge in [-0.2, -0.15) is 0 Å². The van der Waals surface area contributed by atoms with Gasteiger partial charge in [0.2, 0.25) is 0 Å². The van der Waals surface area contributed by atoms with Gasteiger partial charge >= 0.3 is 0 Å². The molecule has 0 amide bonds. The summed E-state index contributed by atoms with van der Waals surface area (Å²) in [6, 6.07) is 8.15. The van der Waals surface area contributed by atoms with Crippen molar-refractivity contribution >= 4 is 0 Å². The molecule has 2 rings (SSSR count). The minimum atomic E-state index is -0.350. The molecule has 0 spiro atoms. The third-order valence-electron chi connectivity index (χ3n) is 3.11. The summed E-state index contributed by atoms with van der Waals surface area (Å²) >= 11 is 0. The first-order valence-electron chi connectivity index (χ1n) is 5.11. The Morgan fingerprint density at radius 3 is 2.86 bits per heavy atom. The molecule has 2 atom stereocenters. The monoisotopic (exact) mass is 188 g/mol. The molecule has 0 saturated carbocycles. The van der Waals surface area contributed by atoms with Crippen molar-refractivity contribution in [3.05, 3.63) is 47.5 Å². The van der Waals surface area contributed by atoms with Gasteiger partial charge in [-0.05, 0) is 30.9 Å². The molecule has 1 heteroatoms. The molecular weight excluding hydrogens is 172 g/mol. The van der Waals surface area contributed by atoms with Crippen molar-refractivity contribution < 1.29 is 5.11 Å². The molecule has 1 N–H and O–H groups in total. The minimum Gasteiger partial charge on any atom is -0.388 e. The molecular formula is C13H16O. The van der Waals surface area contributed by atoms with E-state index in [1.165, 1.54) is 5.56 Å². The molecule has 1 aliphatic carbocycles. The minimum absolute atomic E-state index is 0.241. The Labute approximate surface area is 85.1 Å². The quantitative estimate of drug-likeness (QED) is 0.672. The van der Waals surface area contributed by atoms with Gasteiger partial charge in [-0.25, -0.2) is 0 Å².